The van der Waals surface area contributed by atoms with Crippen LogP contribution in [0.25, 0.3) is 0 Å². The summed E-state index contributed by atoms with van der Waals surface area (Å²) < 4.78 is 45.8. The van der Waals surface area contributed by atoms with Crippen LogP contribution in [0.3, 0.4) is 0 Å². The van der Waals surface area contributed by atoms with Gasteiger partial charge < -0.3 is 14.7 Å². The fourth-order valence-electron chi connectivity index (χ4n) is 5.08. The van der Waals surface area contributed by atoms with Gasteiger partial charge in [-0.15, -0.1) is 0 Å². The summed E-state index contributed by atoms with van der Waals surface area (Å²) in [5.41, 5.74) is 1.86. The fourth-order valence-corrected chi connectivity index (χ4v) is 5.08. The quantitative estimate of drug-likeness (QED) is 0.389. The van der Waals surface area contributed by atoms with Crippen LogP contribution in [0.1, 0.15) is 30.9 Å². The predicted molar refractivity (Wildman–Crippen MR) is 144 cm³/mol. The summed E-state index contributed by atoms with van der Waals surface area (Å²) in [5.74, 6) is 0.146. The minimum atomic E-state index is -4.51. The van der Waals surface area contributed by atoms with Crippen LogP contribution in [0.5, 0.6) is 5.75 Å². The first-order chi connectivity index (χ1) is 18.8. The number of likely N-dealkylation sites (tertiary alicyclic amines) is 1. The van der Waals surface area contributed by atoms with Crippen LogP contribution >= 0.6 is 0 Å². The highest BCUT2D eigenvalue weighted by Gasteiger charge is 2.36. The second kappa shape index (κ2) is 10.9. The molecule has 1 fully saturated rings. The summed E-state index contributed by atoms with van der Waals surface area (Å²) >= 11 is 0. The van der Waals surface area contributed by atoms with Crippen molar-refractivity contribution in [2.24, 2.45) is 4.99 Å². The van der Waals surface area contributed by atoms with Gasteiger partial charge in [0.05, 0.1) is 35.3 Å². The predicted octanol–water partition coefficient (Wildman–Crippen LogP) is 6.24. The lowest BCUT2D eigenvalue weighted by Crippen LogP contribution is -2.34. The Labute approximate surface area is 224 Å². The molecule has 2 aliphatic rings. The average Bonchev–Trinajstić information content (AvgIpc) is 3.50. The Kier molecular flexibility index (Phi) is 7.43. The Balaban J connectivity index is 1.41. The van der Waals surface area contributed by atoms with E-state index in [0.717, 1.165) is 37.2 Å². The minimum Gasteiger partial charge on any atom is -0.491 e. The number of allylic oxidation sites excluding steroid dienone is 1. The largest absolute Gasteiger partial charge is 0.491 e. The van der Waals surface area contributed by atoms with Crippen molar-refractivity contribution >= 4 is 28.7 Å². The van der Waals surface area contributed by atoms with Crippen LogP contribution in [0.2, 0.25) is 0 Å². The van der Waals surface area contributed by atoms with Crippen molar-refractivity contribution in [1.82, 2.24) is 4.90 Å². The van der Waals surface area contributed by atoms with Gasteiger partial charge in [0.2, 0.25) is 0 Å². The molecule has 0 aliphatic carbocycles. The zero-order chi connectivity index (χ0) is 27.6. The molecule has 0 saturated carbocycles. The van der Waals surface area contributed by atoms with E-state index in [9.17, 15) is 23.1 Å². The van der Waals surface area contributed by atoms with E-state index in [-0.39, 0.29) is 24.0 Å². The van der Waals surface area contributed by atoms with Gasteiger partial charge in [0.15, 0.2) is 0 Å². The summed E-state index contributed by atoms with van der Waals surface area (Å²) in [6.07, 6.45) is -0.640. The van der Waals surface area contributed by atoms with Crippen molar-refractivity contribution in [3.8, 4) is 5.75 Å². The topological polar surface area (TPSA) is 65.4 Å². The van der Waals surface area contributed by atoms with Gasteiger partial charge in [-0.05, 0) is 56.2 Å². The Hall–Kier alpha value is -4.11. The maximum Gasteiger partial charge on any atom is 0.416 e. The first-order valence-corrected chi connectivity index (χ1v) is 12.8. The van der Waals surface area contributed by atoms with Crippen LogP contribution in [-0.4, -0.2) is 47.4 Å². The summed E-state index contributed by atoms with van der Waals surface area (Å²) in [5, 5.41) is 9.67. The van der Waals surface area contributed by atoms with Gasteiger partial charge in [0.1, 0.15) is 18.1 Å². The van der Waals surface area contributed by atoms with E-state index in [1.165, 1.54) is 17.0 Å². The SMILES string of the molecule is C/C=C(\CO)N1CCC[C@@H]1COc1cccc(N2C(=O)C(=Nc3cccc(C(F)(F)F)c3)c3ccccc32)c1. The number of aliphatic hydroxyl groups is 1. The van der Waals surface area contributed by atoms with Gasteiger partial charge in [0.25, 0.3) is 5.91 Å². The maximum atomic E-state index is 13.6. The highest BCUT2D eigenvalue weighted by molar-refractivity contribution is 6.56. The number of aliphatic hydroxyl groups excluding tert-OH is 1. The molecular weight excluding hydrogens is 507 g/mol. The smallest absolute Gasteiger partial charge is 0.416 e. The number of fused-ring (bicyclic) bond motifs is 1. The molecule has 0 spiro atoms. The summed E-state index contributed by atoms with van der Waals surface area (Å²) in [7, 11) is 0. The number of rotatable bonds is 7. The van der Waals surface area contributed by atoms with Crippen LogP contribution in [0.4, 0.5) is 30.2 Å². The van der Waals surface area contributed by atoms with Gasteiger partial charge in [0, 0.05) is 23.9 Å². The first kappa shape index (κ1) is 26.5. The van der Waals surface area contributed by atoms with Crippen molar-refractivity contribution in [2.75, 3.05) is 24.7 Å². The number of ether oxygens (including phenoxy) is 1. The van der Waals surface area contributed by atoms with E-state index in [0.29, 0.717) is 29.3 Å². The van der Waals surface area contributed by atoms with Gasteiger partial charge in [-0.1, -0.05) is 36.4 Å². The van der Waals surface area contributed by atoms with E-state index < -0.39 is 17.6 Å². The fraction of sp³-hybridized carbons (Fsp3) is 0.267. The summed E-state index contributed by atoms with van der Waals surface area (Å²) in [6, 6.07) is 19.0. The van der Waals surface area contributed by atoms with Gasteiger partial charge in [-0.25, -0.2) is 4.99 Å². The third-order valence-electron chi connectivity index (χ3n) is 6.98. The Bertz CT molecular complexity index is 1430. The molecule has 0 aromatic heterocycles. The molecule has 3 aromatic rings. The molecule has 1 atom stereocenters. The third-order valence-corrected chi connectivity index (χ3v) is 6.98. The van der Waals surface area contributed by atoms with Crippen LogP contribution < -0.4 is 9.64 Å². The summed E-state index contributed by atoms with van der Waals surface area (Å²) in [6.45, 7) is 3.17. The van der Waals surface area contributed by atoms with E-state index in [4.69, 9.17) is 4.74 Å². The molecule has 1 amide bonds. The number of para-hydroxylation sites is 1. The number of carbonyl (C=O) groups is 1. The second-order valence-electron chi connectivity index (χ2n) is 9.40. The summed E-state index contributed by atoms with van der Waals surface area (Å²) in [4.78, 5) is 21.6. The lowest BCUT2D eigenvalue weighted by molar-refractivity contribution is -0.137. The lowest BCUT2D eigenvalue weighted by Gasteiger charge is -2.28. The van der Waals surface area contributed by atoms with Crippen molar-refractivity contribution in [3.63, 3.8) is 0 Å². The lowest BCUT2D eigenvalue weighted by atomic mass is 10.1. The highest BCUT2D eigenvalue weighted by atomic mass is 19.4. The molecule has 1 N–H and O–H groups in total. The molecule has 6 nitrogen and oxygen atoms in total. The van der Waals surface area contributed by atoms with Crippen molar-refractivity contribution in [2.45, 2.75) is 32.0 Å². The van der Waals surface area contributed by atoms with Crippen molar-refractivity contribution in [1.29, 1.82) is 0 Å². The van der Waals surface area contributed by atoms with Gasteiger partial charge in [-0.2, -0.15) is 13.2 Å². The highest BCUT2D eigenvalue weighted by Crippen LogP contribution is 2.38. The third kappa shape index (κ3) is 5.40. The van der Waals surface area contributed by atoms with Crippen LogP contribution in [0, 0.1) is 0 Å². The number of amides is 1. The Morgan fingerprint density at radius 1 is 1.10 bits per heavy atom. The number of carbonyl (C=O) groups excluding carboxylic acids is 1. The Morgan fingerprint density at radius 3 is 2.67 bits per heavy atom. The molecule has 1 saturated heterocycles. The monoisotopic (exact) mass is 535 g/mol. The van der Waals surface area contributed by atoms with E-state index in [1.807, 2.05) is 19.1 Å². The molecule has 202 valence electrons. The van der Waals surface area contributed by atoms with E-state index in [1.54, 1.807) is 42.5 Å². The molecule has 2 aliphatic heterocycles. The van der Waals surface area contributed by atoms with Gasteiger partial charge >= 0.3 is 6.18 Å². The zero-order valence-electron chi connectivity index (χ0n) is 21.4. The number of alkyl halides is 3. The number of aliphatic imine (C=N–C) groups is 1. The number of anilines is 2. The number of hydrogen-bond donors (Lipinski definition) is 1. The second-order valence-corrected chi connectivity index (χ2v) is 9.40. The molecule has 39 heavy (non-hydrogen) atoms. The van der Waals surface area contributed by atoms with Gasteiger partial charge in [-0.3, -0.25) is 9.69 Å². The standard InChI is InChI=1S/C30H28F3N3O3/c1-2-22(18-37)35-15-7-11-24(35)19-39-25-12-6-10-23(17-25)36-27-14-4-3-13-26(27)28(29(36)38)34-21-9-5-8-20(16-21)30(31,32)33/h2-6,8-10,12-14,16-17,24,37H,7,11,15,18-19H2,1H3/b22-2+,34-28?/t24-/m1/s1. The van der Waals surface area contributed by atoms with E-state index >= 15 is 0 Å². The molecule has 2 heterocycles. The van der Waals surface area contributed by atoms with Crippen molar-refractivity contribution < 1.29 is 27.8 Å². The van der Waals surface area contributed by atoms with Crippen LogP contribution in [0.15, 0.2) is 89.6 Å². The van der Waals surface area contributed by atoms with Crippen molar-refractivity contribution in [3.05, 3.63) is 95.7 Å². The number of benzene rings is 3. The van der Waals surface area contributed by atoms with Crippen LogP contribution in [-0.2, 0) is 11.0 Å². The number of hydrogen-bond acceptors (Lipinski definition) is 5. The Morgan fingerprint density at radius 2 is 1.90 bits per heavy atom. The normalized spacial score (nSPS) is 18.7. The molecule has 0 bridgehead atoms. The number of halogens is 3. The van der Waals surface area contributed by atoms with E-state index in [2.05, 4.69) is 9.89 Å². The maximum absolute atomic E-state index is 13.6. The molecule has 5 rings (SSSR count). The molecule has 3 aromatic carbocycles. The number of nitrogens with zero attached hydrogens (tertiary/aromatic N) is 3. The molecule has 0 unspecified atom stereocenters. The zero-order valence-corrected chi connectivity index (χ0v) is 21.4. The molecule has 0 radical (unpaired) electrons. The molecular formula is C30H28F3N3O3. The average molecular weight is 536 g/mol. The first-order valence-electron chi connectivity index (χ1n) is 12.8. The molecule has 9 heteroatoms. The minimum absolute atomic E-state index is 0.0245.